The van der Waals surface area contributed by atoms with Crippen molar-refractivity contribution in [2.45, 2.75) is 12.6 Å². The summed E-state index contributed by atoms with van der Waals surface area (Å²) in [6.07, 6.45) is -2.60. The number of amides is 1. The number of carbonyl (C=O) groups is 1. The molecule has 0 aliphatic rings. The van der Waals surface area contributed by atoms with Gasteiger partial charge in [-0.15, -0.1) is 0 Å². The lowest BCUT2D eigenvalue weighted by atomic mass is 10.1. The first-order chi connectivity index (χ1) is 11.3. The molecule has 0 saturated carbocycles. The molecule has 1 heterocycles. The molecule has 128 valence electrons. The Labute approximate surface area is 145 Å². The van der Waals surface area contributed by atoms with Crippen LogP contribution >= 0.6 is 15.9 Å². The van der Waals surface area contributed by atoms with E-state index in [0.717, 1.165) is 10.0 Å². The largest absolute Gasteiger partial charge is 0.468 e. The van der Waals surface area contributed by atoms with Gasteiger partial charge in [0.2, 0.25) is 5.88 Å². The summed E-state index contributed by atoms with van der Waals surface area (Å²) in [5.41, 5.74) is 1.31. The SMILES string of the molecule is O=C(NCCc1ccccc1Br)c1ccc(OCC(F)(F)F)nc1. The molecule has 8 heteroatoms. The van der Waals surface area contributed by atoms with Gasteiger partial charge >= 0.3 is 6.18 Å². The maximum Gasteiger partial charge on any atom is 0.422 e. The topological polar surface area (TPSA) is 51.2 Å². The maximum atomic E-state index is 12.0. The smallest absolute Gasteiger partial charge is 0.422 e. The number of hydrogen-bond acceptors (Lipinski definition) is 3. The van der Waals surface area contributed by atoms with Gasteiger partial charge in [0.15, 0.2) is 6.61 Å². The Morgan fingerprint density at radius 3 is 2.58 bits per heavy atom. The van der Waals surface area contributed by atoms with Gasteiger partial charge in [-0.2, -0.15) is 13.2 Å². The van der Waals surface area contributed by atoms with E-state index in [1.807, 2.05) is 24.3 Å². The molecule has 2 rings (SSSR count). The molecular weight excluding hydrogens is 389 g/mol. The molecule has 4 nitrogen and oxygen atoms in total. The number of nitrogens with zero attached hydrogens (tertiary/aromatic N) is 1. The van der Waals surface area contributed by atoms with Crippen molar-refractivity contribution in [1.29, 1.82) is 0 Å². The molecule has 0 unspecified atom stereocenters. The van der Waals surface area contributed by atoms with Crippen LogP contribution in [-0.4, -0.2) is 30.2 Å². The van der Waals surface area contributed by atoms with Gasteiger partial charge in [0, 0.05) is 23.3 Å². The standard InChI is InChI=1S/C16H14BrF3N2O2/c17-13-4-2-1-3-11(13)7-8-21-15(23)12-5-6-14(22-9-12)24-10-16(18,19)20/h1-6,9H,7-8,10H2,(H,21,23). The Bertz CT molecular complexity index is 690. The number of carbonyl (C=O) groups excluding carboxylic acids is 1. The van der Waals surface area contributed by atoms with Crippen LogP contribution in [0.5, 0.6) is 5.88 Å². The Kier molecular flexibility index (Phi) is 6.19. The molecule has 0 fully saturated rings. The molecule has 1 aromatic heterocycles. The summed E-state index contributed by atoms with van der Waals surface area (Å²) in [7, 11) is 0. The van der Waals surface area contributed by atoms with Crippen LogP contribution < -0.4 is 10.1 Å². The molecule has 1 aromatic carbocycles. The summed E-state index contributed by atoms with van der Waals surface area (Å²) < 4.78 is 41.6. The summed E-state index contributed by atoms with van der Waals surface area (Å²) in [4.78, 5) is 15.7. The third-order valence-electron chi connectivity index (χ3n) is 3.02. The number of halogens is 4. The second kappa shape index (κ2) is 8.14. The zero-order chi connectivity index (χ0) is 17.6. The van der Waals surface area contributed by atoms with Crippen molar-refractivity contribution >= 4 is 21.8 Å². The minimum atomic E-state index is -4.43. The second-order valence-corrected chi connectivity index (χ2v) is 5.74. The summed E-state index contributed by atoms with van der Waals surface area (Å²) in [6.45, 7) is -0.995. The zero-order valence-corrected chi connectivity index (χ0v) is 14.0. The van der Waals surface area contributed by atoms with Crippen LogP contribution in [0.25, 0.3) is 0 Å². The van der Waals surface area contributed by atoms with Gasteiger partial charge in [-0.05, 0) is 24.1 Å². The first-order valence-electron chi connectivity index (χ1n) is 7.02. The van der Waals surface area contributed by atoms with Crippen LogP contribution in [0, 0.1) is 0 Å². The molecule has 0 spiro atoms. The number of hydrogen-bond donors (Lipinski definition) is 1. The predicted molar refractivity (Wildman–Crippen MR) is 86.0 cm³/mol. The van der Waals surface area contributed by atoms with Gasteiger partial charge in [-0.1, -0.05) is 34.1 Å². The van der Waals surface area contributed by atoms with Crippen molar-refractivity contribution < 1.29 is 22.7 Å². The van der Waals surface area contributed by atoms with Crippen molar-refractivity contribution in [1.82, 2.24) is 10.3 Å². The number of rotatable bonds is 6. The number of alkyl halides is 3. The molecular formula is C16H14BrF3N2O2. The Hall–Kier alpha value is -2.09. The van der Waals surface area contributed by atoms with E-state index in [4.69, 9.17) is 0 Å². The van der Waals surface area contributed by atoms with E-state index >= 15 is 0 Å². The van der Waals surface area contributed by atoms with Gasteiger partial charge in [-0.3, -0.25) is 4.79 Å². The van der Waals surface area contributed by atoms with Crippen molar-refractivity contribution in [2.75, 3.05) is 13.2 Å². The van der Waals surface area contributed by atoms with Gasteiger partial charge in [-0.25, -0.2) is 4.98 Å². The Balaban J connectivity index is 1.83. The molecule has 2 aromatic rings. The van der Waals surface area contributed by atoms with Crippen LogP contribution in [0.3, 0.4) is 0 Å². The fraction of sp³-hybridized carbons (Fsp3) is 0.250. The maximum absolute atomic E-state index is 12.0. The lowest BCUT2D eigenvalue weighted by molar-refractivity contribution is -0.154. The monoisotopic (exact) mass is 402 g/mol. The highest BCUT2D eigenvalue weighted by molar-refractivity contribution is 9.10. The third kappa shape index (κ3) is 5.84. The highest BCUT2D eigenvalue weighted by atomic mass is 79.9. The Morgan fingerprint density at radius 1 is 1.21 bits per heavy atom. The van der Waals surface area contributed by atoms with E-state index in [1.165, 1.54) is 18.3 Å². The van der Waals surface area contributed by atoms with Gasteiger partial charge < -0.3 is 10.1 Å². The highest BCUT2D eigenvalue weighted by Gasteiger charge is 2.28. The molecule has 0 atom stereocenters. The summed E-state index contributed by atoms with van der Waals surface area (Å²) in [5, 5.41) is 2.73. The van der Waals surface area contributed by atoms with Crippen molar-refractivity contribution in [2.24, 2.45) is 0 Å². The lowest BCUT2D eigenvalue weighted by Crippen LogP contribution is -2.26. The number of aromatic nitrogens is 1. The van der Waals surface area contributed by atoms with Gasteiger partial charge in [0.05, 0.1) is 5.56 Å². The average molecular weight is 403 g/mol. The van der Waals surface area contributed by atoms with Crippen molar-refractivity contribution in [3.8, 4) is 5.88 Å². The molecule has 0 aliphatic carbocycles. The summed E-state index contributed by atoms with van der Waals surface area (Å²) in [6, 6.07) is 10.3. The van der Waals surface area contributed by atoms with Crippen molar-refractivity contribution in [3.05, 3.63) is 58.2 Å². The number of pyridine rings is 1. The van der Waals surface area contributed by atoms with Gasteiger partial charge in [0.25, 0.3) is 5.91 Å². The lowest BCUT2D eigenvalue weighted by Gasteiger charge is -2.09. The molecule has 0 bridgehead atoms. The predicted octanol–water partition coefficient (Wildman–Crippen LogP) is 3.76. The Morgan fingerprint density at radius 2 is 1.96 bits per heavy atom. The highest BCUT2D eigenvalue weighted by Crippen LogP contribution is 2.17. The molecule has 1 amide bonds. The fourth-order valence-electron chi connectivity index (χ4n) is 1.87. The van der Waals surface area contributed by atoms with Crippen LogP contribution in [0.15, 0.2) is 47.1 Å². The summed E-state index contributed by atoms with van der Waals surface area (Å²) >= 11 is 3.43. The first-order valence-corrected chi connectivity index (χ1v) is 7.82. The number of ether oxygens (including phenoxy) is 1. The fourth-order valence-corrected chi connectivity index (χ4v) is 2.35. The van der Waals surface area contributed by atoms with Crippen LogP contribution in [0.4, 0.5) is 13.2 Å². The van der Waals surface area contributed by atoms with E-state index < -0.39 is 12.8 Å². The minimum Gasteiger partial charge on any atom is -0.468 e. The first kappa shape index (κ1) is 18.3. The molecule has 0 saturated heterocycles. The second-order valence-electron chi connectivity index (χ2n) is 4.89. The zero-order valence-electron chi connectivity index (χ0n) is 12.4. The van der Waals surface area contributed by atoms with Crippen molar-refractivity contribution in [3.63, 3.8) is 0 Å². The van der Waals surface area contributed by atoms with Crippen LogP contribution in [0.2, 0.25) is 0 Å². The quantitative estimate of drug-likeness (QED) is 0.800. The van der Waals surface area contributed by atoms with Crippen LogP contribution in [0.1, 0.15) is 15.9 Å². The average Bonchev–Trinajstić information content (AvgIpc) is 2.54. The summed E-state index contributed by atoms with van der Waals surface area (Å²) in [5.74, 6) is -0.533. The molecule has 0 radical (unpaired) electrons. The van der Waals surface area contributed by atoms with E-state index in [0.29, 0.717) is 13.0 Å². The van der Waals surface area contributed by atoms with E-state index in [-0.39, 0.29) is 17.4 Å². The molecule has 1 N–H and O–H groups in total. The van der Waals surface area contributed by atoms with Crippen LogP contribution in [-0.2, 0) is 6.42 Å². The number of benzene rings is 1. The molecule has 0 aliphatic heterocycles. The van der Waals surface area contributed by atoms with E-state index in [9.17, 15) is 18.0 Å². The van der Waals surface area contributed by atoms with E-state index in [1.54, 1.807) is 0 Å². The van der Waals surface area contributed by atoms with Gasteiger partial charge in [0.1, 0.15) is 0 Å². The minimum absolute atomic E-state index is 0.183. The molecule has 24 heavy (non-hydrogen) atoms. The van der Waals surface area contributed by atoms with E-state index in [2.05, 4.69) is 31.0 Å². The number of nitrogens with one attached hydrogen (secondary N) is 1. The normalized spacial score (nSPS) is 11.2. The third-order valence-corrected chi connectivity index (χ3v) is 3.79.